The summed E-state index contributed by atoms with van der Waals surface area (Å²) in [6, 6.07) is 12.4. The molecule has 0 N–H and O–H groups in total. The zero-order valence-corrected chi connectivity index (χ0v) is 12.9. The number of amides is 1. The second kappa shape index (κ2) is 5.88. The molecule has 2 heterocycles. The van der Waals surface area contributed by atoms with E-state index < -0.39 is 0 Å². The Kier molecular flexibility index (Phi) is 3.57. The van der Waals surface area contributed by atoms with Crippen LogP contribution in [0.15, 0.2) is 55.1 Å². The van der Waals surface area contributed by atoms with Gasteiger partial charge in [-0.2, -0.15) is 0 Å². The molecule has 1 aliphatic rings. The largest absolute Gasteiger partial charge is 0.308 e. The molecule has 0 aliphatic carbocycles. The van der Waals surface area contributed by atoms with Gasteiger partial charge in [0.2, 0.25) is 5.91 Å². The monoisotopic (exact) mass is 322 g/mol. The fraction of sp³-hybridized carbons (Fsp3) is 0.167. The Hall–Kier alpha value is -3.02. The van der Waals surface area contributed by atoms with E-state index in [0.29, 0.717) is 18.4 Å². The molecule has 0 saturated heterocycles. The lowest BCUT2D eigenvalue weighted by molar-refractivity contribution is -0.119. The fourth-order valence-electron chi connectivity index (χ4n) is 3.01. The number of hydrogen-bond donors (Lipinski definition) is 0. The molecule has 5 nitrogen and oxygen atoms in total. The van der Waals surface area contributed by atoms with Crippen molar-refractivity contribution in [3.8, 4) is 5.69 Å². The maximum absolute atomic E-state index is 13.9. The number of carbonyl (C=O) groups excluding carboxylic acids is 1. The average Bonchev–Trinajstić information content (AvgIpc) is 3.13. The molecule has 24 heavy (non-hydrogen) atoms. The average molecular weight is 322 g/mol. The van der Waals surface area contributed by atoms with Crippen LogP contribution in [0.2, 0.25) is 0 Å². The van der Waals surface area contributed by atoms with Crippen molar-refractivity contribution in [2.45, 2.75) is 19.4 Å². The van der Waals surface area contributed by atoms with E-state index in [9.17, 15) is 9.18 Å². The van der Waals surface area contributed by atoms with Gasteiger partial charge in [0.25, 0.3) is 0 Å². The van der Waals surface area contributed by atoms with Gasteiger partial charge in [-0.15, -0.1) is 10.2 Å². The number of hydrogen-bond acceptors (Lipinski definition) is 3. The van der Waals surface area contributed by atoms with Crippen LogP contribution in [0.4, 0.5) is 10.1 Å². The number of anilines is 1. The molecule has 4 rings (SSSR count). The van der Waals surface area contributed by atoms with Crippen molar-refractivity contribution < 1.29 is 9.18 Å². The molecule has 6 heteroatoms. The number of benzene rings is 2. The first-order valence-electron chi connectivity index (χ1n) is 7.74. The molecule has 0 unspecified atom stereocenters. The second-order valence-corrected chi connectivity index (χ2v) is 5.75. The third kappa shape index (κ3) is 2.56. The van der Waals surface area contributed by atoms with Gasteiger partial charge in [-0.05, 0) is 36.2 Å². The Labute approximate surface area is 138 Å². The van der Waals surface area contributed by atoms with E-state index in [4.69, 9.17) is 0 Å². The molecular weight excluding hydrogens is 307 g/mol. The van der Waals surface area contributed by atoms with E-state index >= 15 is 0 Å². The van der Waals surface area contributed by atoms with Crippen molar-refractivity contribution >= 4 is 11.6 Å². The Balaban J connectivity index is 1.70. The lowest BCUT2D eigenvalue weighted by Gasteiger charge is -2.30. The van der Waals surface area contributed by atoms with Gasteiger partial charge in [-0.25, -0.2) is 4.39 Å². The van der Waals surface area contributed by atoms with Gasteiger partial charge in [0.05, 0.1) is 6.54 Å². The first-order chi connectivity index (χ1) is 11.7. The molecule has 0 bridgehead atoms. The summed E-state index contributed by atoms with van der Waals surface area (Å²) in [5.41, 5.74) is 3.36. The molecule has 2 aromatic carbocycles. The van der Waals surface area contributed by atoms with E-state index in [-0.39, 0.29) is 18.3 Å². The van der Waals surface area contributed by atoms with E-state index in [1.807, 2.05) is 22.8 Å². The van der Waals surface area contributed by atoms with Crippen molar-refractivity contribution in [3.05, 3.63) is 72.1 Å². The summed E-state index contributed by atoms with van der Waals surface area (Å²) in [5.74, 6) is -0.277. The highest BCUT2D eigenvalue weighted by Crippen LogP contribution is 2.31. The van der Waals surface area contributed by atoms with Crippen LogP contribution in [0.5, 0.6) is 0 Å². The van der Waals surface area contributed by atoms with Crippen LogP contribution in [0, 0.1) is 5.82 Å². The number of aromatic nitrogens is 3. The molecule has 0 radical (unpaired) electrons. The van der Waals surface area contributed by atoms with Gasteiger partial charge in [0.1, 0.15) is 18.5 Å². The van der Waals surface area contributed by atoms with E-state index in [1.165, 1.54) is 6.07 Å². The summed E-state index contributed by atoms with van der Waals surface area (Å²) in [6.45, 7) is 0.241. The second-order valence-electron chi connectivity index (χ2n) is 5.75. The maximum Gasteiger partial charge on any atom is 0.227 e. The van der Waals surface area contributed by atoms with Gasteiger partial charge >= 0.3 is 0 Å². The van der Waals surface area contributed by atoms with E-state index in [1.54, 1.807) is 35.8 Å². The topological polar surface area (TPSA) is 51.0 Å². The summed E-state index contributed by atoms with van der Waals surface area (Å²) >= 11 is 0. The highest BCUT2D eigenvalue weighted by Gasteiger charge is 2.25. The predicted molar refractivity (Wildman–Crippen MR) is 87.3 cm³/mol. The Morgan fingerprint density at radius 1 is 1.04 bits per heavy atom. The smallest absolute Gasteiger partial charge is 0.227 e. The molecule has 0 spiro atoms. The summed E-state index contributed by atoms with van der Waals surface area (Å²) < 4.78 is 15.8. The van der Waals surface area contributed by atoms with Crippen LogP contribution in [-0.4, -0.2) is 20.7 Å². The van der Waals surface area contributed by atoms with Gasteiger partial charge < -0.3 is 4.90 Å². The number of nitrogens with zero attached hydrogens (tertiary/aromatic N) is 4. The summed E-state index contributed by atoms with van der Waals surface area (Å²) in [7, 11) is 0. The lowest BCUT2D eigenvalue weighted by atomic mass is 9.99. The van der Waals surface area contributed by atoms with Crippen molar-refractivity contribution in [1.29, 1.82) is 0 Å². The number of rotatable bonds is 3. The fourth-order valence-corrected chi connectivity index (χ4v) is 3.01. The molecule has 1 amide bonds. The quantitative estimate of drug-likeness (QED) is 0.745. The minimum atomic E-state index is -0.293. The van der Waals surface area contributed by atoms with E-state index in [2.05, 4.69) is 10.2 Å². The summed E-state index contributed by atoms with van der Waals surface area (Å²) in [5, 5.41) is 7.62. The number of carbonyl (C=O) groups is 1. The lowest BCUT2D eigenvalue weighted by Crippen LogP contribution is -2.34. The zero-order chi connectivity index (χ0) is 16.5. The van der Waals surface area contributed by atoms with Crippen molar-refractivity contribution in [2.75, 3.05) is 4.90 Å². The minimum Gasteiger partial charge on any atom is -0.308 e. The SMILES string of the molecule is O=C1CCc2cc(-n3cnnc3)ccc2N1Cc1ccccc1F. The molecule has 0 atom stereocenters. The van der Waals surface area contributed by atoms with Crippen molar-refractivity contribution in [1.82, 2.24) is 14.8 Å². The number of halogens is 1. The van der Waals surface area contributed by atoms with Crippen LogP contribution >= 0.6 is 0 Å². The Morgan fingerprint density at radius 3 is 2.62 bits per heavy atom. The van der Waals surface area contributed by atoms with Crippen LogP contribution in [-0.2, 0) is 17.8 Å². The Bertz CT molecular complexity index is 892. The highest BCUT2D eigenvalue weighted by atomic mass is 19.1. The van der Waals surface area contributed by atoms with Gasteiger partial charge in [0.15, 0.2) is 0 Å². The first-order valence-corrected chi connectivity index (χ1v) is 7.74. The van der Waals surface area contributed by atoms with Gasteiger partial charge in [-0.1, -0.05) is 18.2 Å². The molecule has 1 aromatic heterocycles. The molecule has 1 aliphatic heterocycles. The molecule has 3 aromatic rings. The van der Waals surface area contributed by atoms with Crippen LogP contribution in [0.3, 0.4) is 0 Å². The predicted octanol–water partition coefficient (Wildman–Crippen LogP) is 2.89. The highest BCUT2D eigenvalue weighted by molar-refractivity contribution is 5.96. The summed E-state index contributed by atoms with van der Waals surface area (Å²) in [4.78, 5) is 14.0. The maximum atomic E-state index is 13.9. The van der Waals surface area contributed by atoms with Crippen LogP contribution < -0.4 is 4.90 Å². The molecular formula is C18H15FN4O. The van der Waals surface area contributed by atoms with E-state index in [0.717, 1.165) is 16.9 Å². The standard InChI is InChI=1S/C18H15FN4O/c19-16-4-2-1-3-14(16)10-23-17-7-6-15(22-11-20-21-12-22)9-13(17)5-8-18(23)24/h1-4,6-7,9,11-12H,5,8,10H2. The molecule has 120 valence electrons. The van der Waals surface area contributed by atoms with Crippen molar-refractivity contribution in [3.63, 3.8) is 0 Å². The third-order valence-electron chi connectivity index (χ3n) is 4.27. The third-order valence-corrected chi connectivity index (χ3v) is 4.27. The zero-order valence-electron chi connectivity index (χ0n) is 12.9. The Morgan fingerprint density at radius 2 is 1.83 bits per heavy atom. The minimum absolute atomic E-state index is 0.0165. The van der Waals surface area contributed by atoms with Crippen LogP contribution in [0.25, 0.3) is 5.69 Å². The molecule has 0 fully saturated rings. The number of aryl methyl sites for hydroxylation is 1. The van der Waals surface area contributed by atoms with Gasteiger partial charge in [0, 0.05) is 23.4 Å². The van der Waals surface area contributed by atoms with Gasteiger partial charge in [-0.3, -0.25) is 9.36 Å². The number of fused-ring (bicyclic) bond motifs is 1. The molecule has 0 saturated carbocycles. The normalized spacial score (nSPS) is 13.9. The summed E-state index contributed by atoms with van der Waals surface area (Å²) in [6.07, 6.45) is 4.37. The van der Waals surface area contributed by atoms with Crippen molar-refractivity contribution in [2.24, 2.45) is 0 Å². The first kappa shape index (κ1) is 14.6. The van der Waals surface area contributed by atoms with Crippen LogP contribution in [0.1, 0.15) is 17.5 Å².